The number of carbonyl (C=O) groups excluding carboxylic acids is 1. The van der Waals surface area contributed by atoms with E-state index in [1.54, 1.807) is 0 Å². The molecule has 0 spiro atoms. The van der Waals surface area contributed by atoms with Gasteiger partial charge in [0.1, 0.15) is 0 Å². The molecule has 0 saturated carbocycles. The number of aryl methyl sites for hydroxylation is 1. The molecule has 2 aliphatic rings. The van der Waals surface area contributed by atoms with Gasteiger partial charge in [-0.2, -0.15) is 0 Å². The number of rotatable bonds is 8. The molecule has 186 valence electrons. The van der Waals surface area contributed by atoms with Gasteiger partial charge in [-0.25, -0.2) is 0 Å². The summed E-state index contributed by atoms with van der Waals surface area (Å²) in [6, 6.07) is 20.3. The highest BCUT2D eigenvalue weighted by atomic mass is 16.1. The van der Waals surface area contributed by atoms with Crippen LogP contribution in [0.5, 0.6) is 0 Å². The highest BCUT2D eigenvalue weighted by molar-refractivity contribution is 5.81. The Kier molecular flexibility index (Phi) is 7.54. The van der Waals surface area contributed by atoms with Crippen LogP contribution in [0.15, 0.2) is 54.6 Å². The van der Waals surface area contributed by atoms with E-state index in [1.165, 1.54) is 47.1 Å². The van der Waals surface area contributed by atoms with Crippen molar-refractivity contribution in [2.24, 2.45) is 5.92 Å². The fraction of sp³-hybridized carbons (Fsp3) is 0.500. The SMILES string of the molecule is CCN1CCCC1CNC(=O)C1CCN(Cc2cc3ccccc3n2Cc2ccccc2C)CC1. The van der Waals surface area contributed by atoms with E-state index in [9.17, 15) is 4.79 Å². The summed E-state index contributed by atoms with van der Waals surface area (Å²) in [5, 5.41) is 4.58. The summed E-state index contributed by atoms with van der Waals surface area (Å²) in [7, 11) is 0. The van der Waals surface area contributed by atoms with E-state index >= 15 is 0 Å². The van der Waals surface area contributed by atoms with Gasteiger partial charge in [-0.05, 0) is 87.4 Å². The summed E-state index contributed by atoms with van der Waals surface area (Å²) >= 11 is 0. The van der Waals surface area contributed by atoms with Gasteiger partial charge in [0.25, 0.3) is 0 Å². The van der Waals surface area contributed by atoms with Gasteiger partial charge in [-0.3, -0.25) is 14.6 Å². The minimum Gasteiger partial charge on any atom is -0.354 e. The molecule has 3 heterocycles. The van der Waals surface area contributed by atoms with Gasteiger partial charge in [-0.1, -0.05) is 49.4 Å². The number of fused-ring (bicyclic) bond motifs is 1. The predicted molar refractivity (Wildman–Crippen MR) is 143 cm³/mol. The first-order chi connectivity index (χ1) is 17.1. The molecular weight excluding hydrogens is 432 g/mol. The zero-order valence-electron chi connectivity index (χ0n) is 21.4. The molecule has 5 heteroatoms. The number of benzene rings is 2. The van der Waals surface area contributed by atoms with Crippen LogP contribution in [0.2, 0.25) is 0 Å². The lowest BCUT2D eigenvalue weighted by Crippen LogP contribution is -2.44. The maximum absolute atomic E-state index is 12.9. The first kappa shape index (κ1) is 24.1. The average Bonchev–Trinajstić information content (AvgIpc) is 3.48. The first-order valence-electron chi connectivity index (χ1n) is 13.5. The van der Waals surface area contributed by atoms with Crippen LogP contribution >= 0.6 is 0 Å². The topological polar surface area (TPSA) is 40.5 Å². The van der Waals surface area contributed by atoms with Gasteiger partial charge < -0.3 is 9.88 Å². The minimum atomic E-state index is 0.153. The van der Waals surface area contributed by atoms with Crippen LogP contribution in [-0.2, 0) is 17.9 Å². The standard InChI is InChI=1S/C30H40N4O/c1-3-33-16-8-12-27(33)20-31-30(35)24-14-17-32(18-15-24)22-28-19-25-10-6-7-13-29(25)34(28)21-26-11-5-4-9-23(26)2/h4-7,9-11,13,19,24,27H,3,8,12,14-18,20-22H2,1-2H3,(H,31,35). The number of hydrogen-bond donors (Lipinski definition) is 1. The first-order valence-corrected chi connectivity index (χ1v) is 13.5. The molecule has 3 aromatic rings. The second-order valence-corrected chi connectivity index (χ2v) is 10.4. The van der Waals surface area contributed by atoms with Crippen molar-refractivity contribution in [3.8, 4) is 0 Å². The highest BCUT2D eigenvalue weighted by Gasteiger charge is 2.28. The molecule has 1 amide bonds. The molecule has 5 nitrogen and oxygen atoms in total. The van der Waals surface area contributed by atoms with Crippen LogP contribution < -0.4 is 5.32 Å². The number of likely N-dealkylation sites (N-methyl/N-ethyl adjacent to an activating group) is 1. The van der Waals surface area contributed by atoms with Gasteiger partial charge in [0.2, 0.25) is 5.91 Å². The molecule has 35 heavy (non-hydrogen) atoms. The second-order valence-electron chi connectivity index (χ2n) is 10.4. The van der Waals surface area contributed by atoms with Crippen LogP contribution in [0.1, 0.15) is 49.4 Å². The van der Waals surface area contributed by atoms with E-state index in [1.807, 2.05) is 0 Å². The van der Waals surface area contributed by atoms with Crippen molar-refractivity contribution < 1.29 is 4.79 Å². The van der Waals surface area contributed by atoms with Crippen molar-refractivity contribution in [1.82, 2.24) is 19.7 Å². The normalized spacial score (nSPS) is 20.0. The van der Waals surface area contributed by atoms with Gasteiger partial charge in [0.05, 0.1) is 0 Å². The number of hydrogen-bond acceptors (Lipinski definition) is 3. The van der Waals surface area contributed by atoms with Crippen molar-refractivity contribution in [1.29, 1.82) is 0 Å². The third kappa shape index (κ3) is 5.46. The van der Waals surface area contributed by atoms with Crippen LogP contribution in [0.25, 0.3) is 10.9 Å². The zero-order chi connectivity index (χ0) is 24.2. The largest absolute Gasteiger partial charge is 0.354 e. The number of amides is 1. The Hall–Kier alpha value is -2.63. The smallest absolute Gasteiger partial charge is 0.223 e. The summed E-state index contributed by atoms with van der Waals surface area (Å²) in [5.74, 6) is 0.418. The molecule has 2 aliphatic heterocycles. The molecule has 2 fully saturated rings. The van der Waals surface area contributed by atoms with E-state index in [4.69, 9.17) is 0 Å². The Morgan fingerprint density at radius 2 is 1.74 bits per heavy atom. The van der Waals surface area contributed by atoms with E-state index in [-0.39, 0.29) is 11.8 Å². The number of aromatic nitrogens is 1. The lowest BCUT2D eigenvalue weighted by molar-refractivity contribution is -0.126. The fourth-order valence-corrected chi connectivity index (χ4v) is 6.03. The average molecular weight is 473 g/mol. The monoisotopic (exact) mass is 472 g/mol. The van der Waals surface area contributed by atoms with Gasteiger partial charge in [0.15, 0.2) is 0 Å². The molecule has 0 aliphatic carbocycles. The van der Waals surface area contributed by atoms with Crippen molar-refractivity contribution in [2.75, 3.05) is 32.7 Å². The van der Waals surface area contributed by atoms with Crippen molar-refractivity contribution in [3.63, 3.8) is 0 Å². The number of nitrogens with one attached hydrogen (secondary N) is 1. The summed E-state index contributed by atoms with van der Waals surface area (Å²) < 4.78 is 2.48. The second kappa shape index (κ2) is 11.0. The number of piperidine rings is 1. The van der Waals surface area contributed by atoms with Gasteiger partial charge in [0, 0.05) is 42.8 Å². The number of likely N-dealkylation sites (tertiary alicyclic amines) is 2. The fourth-order valence-electron chi connectivity index (χ4n) is 6.03. The Balaban J connectivity index is 1.21. The third-order valence-electron chi connectivity index (χ3n) is 8.25. The number of carbonyl (C=O) groups is 1. The van der Waals surface area contributed by atoms with Gasteiger partial charge >= 0.3 is 0 Å². The van der Waals surface area contributed by atoms with Crippen LogP contribution in [0.4, 0.5) is 0 Å². The molecule has 1 N–H and O–H groups in total. The van der Waals surface area contributed by atoms with Crippen molar-refractivity contribution >= 4 is 16.8 Å². The van der Waals surface area contributed by atoms with Crippen LogP contribution in [0.3, 0.4) is 0 Å². The maximum Gasteiger partial charge on any atom is 0.223 e. The molecule has 0 bridgehead atoms. The molecule has 1 unspecified atom stereocenters. The van der Waals surface area contributed by atoms with E-state index < -0.39 is 0 Å². The molecule has 0 radical (unpaired) electrons. The van der Waals surface area contributed by atoms with Crippen molar-refractivity contribution in [3.05, 3.63) is 71.4 Å². The molecule has 1 atom stereocenters. The zero-order valence-corrected chi connectivity index (χ0v) is 21.4. The van der Waals surface area contributed by atoms with Crippen LogP contribution in [0, 0.1) is 12.8 Å². The molecular formula is C30H40N4O. The Morgan fingerprint density at radius 3 is 2.54 bits per heavy atom. The van der Waals surface area contributed by atoms with E-state index in [2.05, 4.69) is 88.1 Å². The molecule has 5 rings (SSSR count). The third-order valence-corrected chi connectivity index (χ3v) is 8.25. The maximum atomic E-state index is 12.9. The Bertz CT molecular complexity index is 1140. The predicted octanol–water partition coefficient (Wildman–Crippen LogP) is 4.81. The van der Waals surface area contributed by atoms with E-state index in [0.29, 0.717) is 6.04 Å². The van der Waals surface area contributed by atoms with Gasteiger partial charge in [-0.15, -0.1) is 0 Å². The lowest BCUT2D eigenvalue weighted by atomic mass is 9.95. The summed E-state index contributed by atoms with van der Waals surface area (Å²) in [5.41, 5.74) is 5.36. The Morgan fingerprint density at radius 1 is 0.971 bits per heavy atom. The van der Waals surface area contributed by atoms with Crippen molar-refractivity contribution in [2.45, 2.75) is 58.7 Å². The quantitative estimate of drug-likeness (QED) is 0.511. The number of nitrogens with zero attached hydrogens (tertiary/aromatic N) is 3. The minimum absolute atomic E-state index is 0.153. The molecule has 2 aromatic carbocycles. The summed E-state index contributed by atoms with van der Waals surface area (Å²) in [4.78, 5) is 17.9. The lowest BCUT2D eigenvalue weighted by Gasteiger charge is -2.32. The van der Waals surface area contributed by atoms with E-state index in [0.717, 1.165) is 52.1 Å². The number of para-hydroxylation sites is 1. The Labute approximate surface area is 210 Å². The molecule has 1 aromatic heterocycles. The van der Waals surface area contributed by atoms with Crippen LogP contribution in [-0.4, -0.2) is 59.0 Å². The summed E-state index contributed by atoms with van der Waals surface area (Å²) in [6.45, 7) is 11.3. The highest BCUT2D eigenvalue weighted by Crippen LogP contribution is 2.26. The summed E-state index contributed by atoms with van der Waals surface area (Å²) in [6.07, 6.45) is 4.37. The molecule has 2 saturated heterocycles.